The minimum Gasteiger partial charge on any atom is -0.497 e. The Morgan fingerprint density at radius 2 is 1.87 bits per heavy atom. The van der Waals surface area contributed by atoms with Crippen LogP contribution < -0.4 is 4.74 Å². The summed E-state index contributed by atoms with van der Waals surface area (Å²) in [4.78, 5) is 18.1. The molecule has 1 saturated heterocycles. The van der Waals surface area contributed by atoms with E-state index in [1.807, 2.05) is 36.4 Å². The van der Waals surface area contributed by atoms with Gasteiger partial charge < -0.3 is 14.5 Å². The maximum atomic E-state index is 13.4. The van der Waals surface area contributed by atoms with E-state index in [1.54, 1.807) is 7.11 Å². The highest BCUT2D eigenvalue weighted by Gasteiger charge is 2.38. The van der Waals surface area contributed by atoms with Gasteiger partial charge in [0.2, 0.25) is 0 Å². The molecule has 31 heavy (non-hydrogen) atoms. The number of amides is 1. The van der Waals surface area contributed by atoms with E-state index in [4.69, 9.17) is 4.74 Å². The van der Waals surface area contributed by atoms with E-state index in [0.29, 0.717) is 17.8 Å². The average molecular weight is 421 g/mol. The van der Waals surface area contributed by atoms with Crippen LogP contribution in [0.2, 0.25) is 0 Å². The molecule has 1 aliphatic carbocycles. The highest BCUT2D eigenvalue weighted by Crippen LogP contribution is 2.38. The Labute approximate surface area is 187 Å². The summed E-state index contributed by atoms with van der Waals surface area (Å²) in [5.74, 6) is 3.23. The summed E-state index contributed by atoms with van der Waals surface area (Å²) in [7, 11) is 1.73. The van der Waals surface area contributed by atoms with Gasteiger partial charge in [0.25, 0.3) is 5.91 Å². The molecule has 166 valence electrons. The first-order chi connectivity index (χ1) is 15.0. The van der Waals surface area contributed by atoms with Crippen molar-refractivity contribution >= 4 is 5.91 Å². The molecule has 2 atom stereocenters. The van der Waals surface area contributed by atoms with Crippen molar-refractivity contribution in [2.45, 2.75) is 32.6 Å². The summed E-state index contributed by atoms with van der Waals surface area (Å²) in [6, 6.07) is 18.3. The first-order valence-electron chi connectivity index (χ1n) is 11.7. The number of hydrogen-bond acceptors (Lipinski definition) is 3. The van der Waals surface area contributed by atoms with Gasteiger partial charge in [0.1, 0.15) is 5.75 Å². The fourth-order valence-corrected chi connectivity index (χ4v) is 4.94. The maximum Gasteiger partial charge on any atom is 0.253 e. The van der Waals surface area contributed by atoms with E-state index in [0.717, 1.165) is 43.4 Å². The number of hydrogen-bond donors (Lipinski definition) is 0. The summed E-state index contributed by atoms with van der Waals surface area (Å²) >= 11 is 0. The van der Waals surface area contributed by atoms with E-state index >= 15 is 0 Å². The van der Waals surface area contributed by atoms with Crippen molar-refractivity contribution < 1.29 is 9.53 Å². The normalized spacial score (nSPS) is 21.4. The summed E-state index contributed by atoms with van der Waals surface area (Å²) in [6.07, 6.45) is 2.74. The largest absolute Gasteiger partial charge is 0.497 e. The Morgan fingerprint density at radius 1 is 1.10 bits per heavy atom. The van der Waals surface area contributed by atoms with E-state index in [-0.39, 0.29) is 5.91 Å². The lowest BCUT2D eigenvalue weighted by Crippen LogP contribution is -2.39. The highest BCUT2D eigenvalue weighted by molar-refractivity contribution is 5.94. The summed E-state index contributed by atoms with van der Waals surface area (Å²) < 4.78 is 5.50. The second-order valence-corrected chi connectivity index (χ2v) is 9.78. The molecule has 4 heteroatoms. The van der Waals surface area contributed by atoms with Crippen LogP contribution in [-0.4, -0.2) is 55.5 Å². The Balaban J connectivity index is 1.56. The molecule has 2 aliphatic rings. The SMILES string of the molecule is COc1cccc([C@H]2CN(CC3CC3)C[C@@H]2CN(CC(C)C)C(=O)c2ccccc2)c1. The van der Waals surface area contributed by atoms with Gasteiger partial charge in [-0.25, -0.2) is 0 Å². The Morgan fingerprint density at radius 3 is 2.55 bits per heavy atom. The first kappa shape index (κ1) is 21.9. The van der Waals surface area contributed by atoms with Gasteiger partial charge >= 0.3 is 0 Å². The molecule has 1 amide bonds. The molecular formula is C27H36N2O2. The zero-order chi connectivity index (χ0) is 21.8. The lowest BCUT2D eigenvalue weighted by atomic mass is 9.88. The van der Waals surface area contributed by atoms with E-state index < -0.39 is 0 Å². The third-order valence-corrected chi connectivity index (χ3v) is 6.60. The molecule has 0 bridgehead atoms. The van der Waals surface area contributed by atoms with Gasteiger partial charge in [0.05, 0.1) is 7.11 Å². The lowest BCUT2D eigenvalue weighted by molar-refractivity contribution is 0.0703. The van der Waals surface area contributed by atoms with Crippen molar-refractivity contribution in [3.05, 3.63) is 65.7 Å². The molecule has 0 unspecified atom stereocenters. The maximum absolute atomic E-state index is 13.4. The van der Waals surface area contributed by atoms with E-state index in [1.165, 1.54) is 24.9 Å². The summed E-state index contributed by atoms with van der Waals surface area (Å²) in [5, 5.41) is 0. The van der Waals surface area contributed by atoms with Gasteiger partial charge in [-0.1, -0.05) is 44.2 Å². The van der Waals surface area contributed by atoms with Crippen molar-refractivity contribution in [1.29, 1.82) is 0 Å². The number of rotatable bonds is 9. The number of ether oxygens (including phenoxy) is 1. The van der Waals surface area contributed by atoms with Crippen molar-refractivity contribution in [1.82, 2.24) is 9.80 Å². The molecule has 1 heterocycles. The molecule has 2 fully saturated rings. The Hall–Kier alpha value is -2.33. The molecule has 4 nitrogen and oxygen atoms in total. The smallest absolute Gasteiger partial charge is 0.253 e. The molecule has 0 aromatic heterocycles. The monoisotopic (exact) mass is 420 g/mol. The number of nitrogens with zero attached hydrogens (tertiary/aromatic N) is 2. The Bertz CT molecular complexity index is 863. The van der Waals surface area contributed by atoms with Gasteiger partial charge in [-0.3, -0.25) is 4.79 Å². The quantitative estimate of drug-likeness (QED) is 0.577. The van der Waals surface area contributed by atoms with Crippen molar-refractivity contribution in [3.8, 4) is 5.75 Å². The fourth-order valence-electron chi connectivity index (χ4n) is 4.94. The molecule has 4 rings (SSSR count). The van der Waals surface area contributed by atoms with Crippen LogP contribution in [0.3, 0.4) is 0 Å². The molecule has 1 saturated carbocycles. The highest BCUT2D eigenvalue weighted by atomic mass is 16.5. The molecule has 2 aromatic carbocycles. The predicted molar refractivity (Wildman–Crippen MR) is 126 cm³/mol. The fraction of sp³-hybridized carbons (Fsp3) is 0.519. The van der Waals surface area contributed by atoms with Crippen LogP contribution >= 0.6 is 0 Å². The zero-order valence-corrected chi connectivity index (χ0v) is 19.2. The lowest BCUT2D eigenvalue weighted by Gasteiger charge is -2.30. The summed E-state index contributed by atoms with van der Waals surface area (Å²) in [6.45, 7) is 9.32. The number of methoxy groups -OCH3 is 1. The van der Waals surface area contributed by atoms with E-state index in [9.17, 15) is 4.79 Å². The summed E-state index contributed by atoms with van der Waals surface area (Å²) in [5.41, 5.74) is 2.12. The number of carbonyl (C=O) groups excluding carboxylic acids is 1. The van der Waals surface area contributed by atoms with Crippen LogP contribution in [-0.2, 0) is 0 Å². The minimum atomic E-state index is 0.152. The van der Waals surface area contributed by atoms with Gasteiger partial charge in [0.15, 0.2) is 0 Å². The first-order valence-corrected chi connectivity index (χ1v) is 11.7. The van der Waals surface area contributed by atoms with Crippen molar-refractivity contribution in [2.75, 3.05) is 39.8 Å². The number of benzene rings is 2. The molecule has 0 radical (unpaired) electrons. The van der Waals surface area contributed by atoms with Crippen LogP contribution in [0.1, 0.15) is 48.5 Å². The van der Waals surface area contributed by atoms with Crippen LogP contribution in [0, 0.1) is 17.8 Å². The minimum absolute atomic E-state index is 0.152. The second-order valence-electron chi connectivity index (χ2n) is 9.78. The molecule has 2 aromatic rings. The molecule has 0 spiro atoms. The number of carbonyl (C=O) groups is 1. The molecular weight excluding hydrogens is 384 g/mol. The van der Waals surface area contributed by atoms with Crippen LogP contribution in [0.25, 0.3) is 0 Å². The average Bonchev–Trinajstić information content (AvgIpc) is 3.51. The zero-order valence-electron chi connectivity index (χ0n) is 19.2. The number of likely N-dealkylation sites (tertiary alicyclic amines) is 1. The third kappa shape index (κ3) is 5.68. The topological polar surface area (TPSA) is 32.8 Å². The van der Waals surface area contributed by atoms with Gasteiger partial charge in [-0.15, -0.1) is 0 Å². The van der Waals surface area contributed by atoms with Gasteiger partial charge in [0, 0.05) is 44.2 Å². The van der Waals surface area contributed by atoms with Crippen LogP contribution in [0.5, 0.6) is 5.75 Å². The van der Waals surface area contributed by atoms with Crippen molar-refractivity contribution in [3.63, 3.8) is 0 Å². The van der Waals surface area contributed by atoms with Gasteiger partial charge in [-0.05, 0) is 60.4 Å². The standard InChI is InChI=1S/C27H36N2O2/c1-20(2)15-29(27(30)22-8-5-4-6-9-22)18-24-17-28(16-21-12-13-21)19-26(24)23-10-7-11-25(14-23)31-3/h4-11,14,20-21,24,26H,12-13,15-19H2,1-3H3/t24-,26-/m1/s1. The Kier molecular flexibility index (Phi) is 6.96. The molecule has 1 aliphatic heterocycles. The van der Waals surface area contributed by atoms with E-state index in [2.05, 4.69) is 41.8 Å². The third-order valence-electron chi connectivity index (χ3n) is 6.60. The van der Waals surface area contributed by atoms with Crippen LogP contribution in [0.15, 0.2) is 54.6 Å². The molecule has 0 N–H and O–H groups in total. The van der Waals surface area contributed by atoms with Gasteiger partial charge in [-0.2, -0.15) is 0 Å². The predicted octanol–water partition coefficient (Wildman–Crippen LogP) is 4.92. The van der Waals surface area contributed by atoms with Crippen molar-refractivity contribution in [2.24, 2.45) is 17.8 Å². The second kappa shape index (κ2) is 9.86. The van der Waals surface area contributed by atoms with Crippen LogP contribution in [0.4, 0.5) is 0 Å².